The lowest BCUT2D eigenvalue weighted by atomic mass is 10.0. The number of benzene rings is 2. The summed E-state index contributed by atoms with van der Waals surface area (Å²) in [6.45, 7) is 3.94. The molecule has 2 aromatic rings. The van der Waals surface area contributed by atoms with Crippen molar-refractivity contribution in [2.45, 2.75) is 24.7 Å². The number of aromatic carboxylic acids is 1. The van der Waals surface area contributed by atoms with E-state index in [9.17, 15) is 13.2 Å². The summed E-state index contributed by atoms with van der Waals surface area (Å²) in [7, 11) is -3.84. The maximum atomic E-state index is 12.4. The van der Waals surface area contributed by atoms with E-state index in [1.54, 1.807) is 24.3 Å². The first-order valence-electron chi connectivity index (χ1n) is 6.76. The zero-order chi connectivity index (χ0) is 16.3. The lowest BCUT2D eigenvalue weighted by Crippen LogP contribution is -2.15. The number of carboxylic acids is 1. The molecule has 0 aliphatic heterocycles. The van der Waals surface area contributed by atoms with Crippen molar-refractivity contribution < 1.29 is 18.3 Å². The van der Waals surface area contributed by atoms with Gasteiger partial charge in [0.05, 0.1) is 16.1 Å². The molecular formula is C16H17NO4S. The third-order valence-corrected chi connectivity index (χ3v) is 4.60. The van der Waals surface area contributed by atoms with Gasteiger partial charge in [-0.2, -0.15) is 0 Å². The van der Waals surface area contributed by atoms with Gasteiger partial charge in [0.2, 0.25) is 0 Å². The van der Waals surface area contributed by atoms with Crippen molar-refractivity contribution in [2.24, 2.45) is 0 Å². The van der Waals surface area contributed by atoms with Crippen LogP contribution in [0, 0.1) is 0 Å². The van der Waals surface area contributed by atoms with E-state index >= 15 is 0 Å². The van der Waals surface area contributed by atoms with Gasteiger partial charge in [-0.05, 0) is 35.7 Å². The quantitative estimate of drug-likeness (QED) is 0.885. The van der Waals surface area contributed by atoms with Crippen molar-refractivity contribution in [2.75, 3.05) is 4.72 Å². The average Bonchev–Trinajstić information content (AvgIpc) is 2.47. The molecule has 0 saturated heterocycles. The zero-order valence-electron chi connectivity index (χ0n) is 12.3. The van der Waals surface area contributed by atoms with Gasteiger partial charge in [0.15, 0.2) is 0 Å². The molecule has 0 heterocycles. The van der Waals surface area contributed by atoms with Crippen LogP contribution in [-0.4, -0.2) is 19.5 Å². The van der Waals surface area contributed by atoms with Crippen LogP contribution in [-0.2, 0) is 10.0 Å². The number of rotatable bonds is 5. The highest BCUT2D eigenvalue weighted by Crippen LogP contribution is 2.23. The molecule has 0 aromatic heterocycles. The van der Waals surface area contributed by atoms with E-state index in [-0.39, 0.29) is 22.1 Å². The summed E-state index contributed by atoms with van der Waals surface area (Å²) in [6, 6.07) is 12.5. The van der Waals surface area contributed by atoms with Gasteiger partial charge in [0.25, 0.3) is 10.0 Å². The van der Waals surface area contributed by atoms with Crippen LogP contribution in [0.15, 0.2) is 53.4 Å². The molecule has 0 saturated carbocycles. The number of nitrogens with one attached hydrogen (secondary N) is 1. The predicted octanol–water partition coefficient (Wildman–Crippen LogP) is 3.31. The lowest BCUT2D eigenvalue weighted by Gasteiger charge is -2.12. The highest BCUT2D eigenvalue weighted by atomic mass is 32.2. The highest BCUT2D eigenvalue weighted by Gasteiger charge is 2.18. The normalized spacial score (nSPS) is 11.4. The van der Waals surface area contributed by atoms with E-state index in [0.717, 1.165) is 5.56 Å². The van der Waals surface area contributed by atoms with E-state index in [1.165, 1.54) is 18.2 Å². The van der Waals surface area contributed by atoms with Crippen LogP contribution in [0.3, 0.4) is 0 Å². The number of para-hydroxylation sites is 1. The number of hydrogen-bond donors (Lipinski definition) is 2. The van der Waals surface area contributed by atoms with E-state index in [2.05, 4.69) is 4.72 Å². The van der Waals surface area contributed by atoms with Gasteiger partial charge < -0.3 is 5.11 Å². The van der Waals surface area contributed by atoms with Crippen molar-refractivity contribution in [1.29, 1.82) is 0 Å². The van der Waals surface area contributed by atoms with Crippen LogP contribution < -0.4 is 4.72 Å². The summed E-state index contributed by atoms with van der Waals surface area (Å²) in [5.74, 6) is -0.990. The van der Waals surface area contributed by atoms with Crippen molar-refractivity contribution >= 4 is 21.7 Å². The Morgan fingerprint density at radius 3 is 2.41 bits per heavy atom. The molecular weight excluding hydrogens is 302 g/mol. The van der Waals surface area contributed by atoms with Crippen molar-refractivity contribution in [3.63, 3.8) is 0 Å². The first-order chi connectivity index (χ1) is 10.3. The van der Waals surface area contributed by atoms with Gasteiger partial charge in [0.1, 0.15) is 0 Å². The van der Waals surface area contributed by atoms with Gasteiger partial charge in [0, 0.05) is 0 Å². The van der Waals surface area contributed by atoms with E-state index in [0.29, 0.717) is 0 Å². The molecule has 0 amide bonds. The maximum absolute atomic E-state index is 12.4. The van der Waals surface area contributed by atoms with Gasteiger partial charge in [-0.25, -0.2) is 13.2 Å². The van der Waals surface area contributed by atoms with Gasteiger partial charge in [-0.1, -0.05) is 38.1 Å². The monoisotopic (exact) mass is 319 g/mol. The molecule has 5 nitrogen and oxygen atoms in total. The number of carbonyl (C=O) groups is 1. The summed E-state index contributed by atoms with van der Waals surface area (Å²) in [6.07, 6.45) is 0. The molecule has 0 fully saturated rings. The number of sulfonamides is 1. The van der Waals surface area contributed by atoms with E-state index in [4.69, 9.17) is 5.11 Å². The molecule has 0 spiro atoms. The van der Waals surface area contributed by atoms with E-state index < -0.39 is 16.0 Å². The molecule has 0 aliphatic rings. The fourth-order valence-corrected chi connectivity index (χ4v) is 3.14. The molecule has 0 aliphatic carbocycles. The molecule has 2 rings (SSSR count). The van der Waals surface area contributed by atoms with Crippen LogP contribution in [0.2, 0.25) is 0 Å². The summed E-state index contributed by atoms with van der Waals surface area (Å²) in [5, 5.41) is 9.12. The highest BCUT2D eigenvalue weighted by molar-refractivity contribution is 7.92. The molecule has 2 aromatic carbocycles. The Kier molecular flexibility index (Phi) is 4.51. The first kappa shape index (κ1) is 16.0. The maximum Gasteiger partial charge on any atom is 0.337 e. The number of anilines is 1. The second-order valence-corrected chi connectivity index (χ2v) is 6.87. The van der Waals surface area contributed by atoms with Crippen molar-refractivity contribution in [3.05, 3.63) is 59.7 Å². The predicted molar refractivity (Wildman–Crippen MR) is 84.7 cm³/mol. The topological polar surface area (TPSA) is 83.5 Å². The summed E-state index contributed by atoms with van der Waals surface area (Å²) < 4.78 is 27.2. The second-order valence-electron chi connectivity index (χ2n) is 5.18. The Morgan fingerprint density at radius 1 is 1.09 bits per heavy atom. The Balaban J connectivity index is 2.41. The minimum absolute atomic E-state index is 0.0463. The SMILES string of the molecule is CC(C)c1cccc(S(=O)(=O)Nc2ccccc2C(=O)O)c1. The van der Waals surface area contributed by atoms with Crippen LogP contribution in [0.5, 0.6) is 0 Å². The fraction of sp³-hybridized carbons (Fsp3) is 0.188. The number of hydrogen-bond acceptors (Lipinski definition) is 3. The Hall–Kier alpha value is -2.34. The molecule has 0 bridgehead atoms. The van der Waals surface area contributed by atoms with Crippen LogP contribution in [0.1, 0.15) is 35.7 Å². The smallest absolute Gasteiger partial charge is 0.337 e. The molecule has 22 heavy (non-hydrogen) atoms. The Morgan fingerprint density at radius 2 is 1.77 bits per heavy atom. The third kappa shape index (κ3) is 3.46. The average molecular weight is 319 g/mol. The Bertz CT molecular complexity index is 797. The first-order valence-corrected chi connectivity index (χ1v) is 8.24. The van der Waals surface area contributed by atoms with Crippen LogP contribution >= 0.6 is 0 Å². The summed E-state index contributed by atoms with van der Waals surface area (Å²) in [5.41, 5.74) is 0.852. The lowest BCUT2D eigenvalue weighted by molar-refractivity contribution is 0.0698. The molecule has 0 radical (unpaired) electrons. The molecule has 6 heteroatoms. The zero-order valence-corrected chi connectivity index (χ0v) is 13.1. The molecule has 116 valence electrons. The summed E-state index contributed by atoms with van der Waals surface area (Å²) in [4.78, 5) is 11.3. The Labute approximate surface area is 129 Å². The molecule has 0 atom stereocenters. The largest absolute Gasteiger partial charge is 0.478 e. The van der Waals surface area contributed by atoms with Gasteiger partial charge >= 0.3 is 5.97 Å². The van der Waals surface area contributed by atoms with Gasteiger partial charge in [-0.15, -0.1) is 0 Å². The van der Waals surface area contributed by atoms with Crippen LogP contribution in [0.4, 0.5) is 5.69 Å². The van der Waals surface area contributed by atoms with E-state index in [1.807, 2.05) is 19.9 Å². The van der Waals surface area contributed by atoms with Gasteiger partial charge in [-0.3, -0.25) is 4.72 Å². The minimum Gasteiger partial charge on any atom is -0.478 e. The fourth-order valence-electron chi connectivity index (χ4n) is 2.00. The van der Waals surface area contributed by atoms with Crippen molar-refractivity contribution in [3.8, 4) is 0 Å². The second kappa shape index (κ2) is 6.19. The minimum atomic E-state index is -3.84. The number of carboxylic acid groups (broad SMARTS) is 1. The standard InChI is InChI=1S/C16H17NO4S/c1-11(2)12-6-5-7-13(10-12)22(20,21)17-15-9-4-3-8-14(15)16(18)19/h3-11,17H,1-2H3,(H,18,19). The van der Waals surface area contributed by atoms with Crippen molar-refractivity contribution in [1.82, 2.24) is 0 Å². The summed E-state index contributed by atoms with van der Waals surface area (Å²) >= 11 is 0. The van der Waals surface area contributed by atoms with Crippen LogP contribution in [0.25, 0.3) is 0 Å². The molecule has 0 unspecified atom stereocenters. The molecule has 2 N–H and O–H groups in total. The third-order valence-electron chi connectivity index (χ3n) is 3.24.